The minimum Gasteiger partial charge on any atom is -0.395 e. The van der Waals surface area contributed by atoms with Gasteiger partial charge in [0.15, 0.2) is 0 Å². The first-order chi connectivity index (χ1) is 7.58. The molecule has 0 heterocycles. The van der Waals surface area contributed by atoms with E-state index in [0.29, 0.717) is 0 Å². The molecule has 0 aliphatic heterocycles. The van der Waals surface area contributed by atoms with Crippen LogP contribution in [0.3, 0.4) is 0 Å². The summed E-state index contributed by atoms with van der Waals surface area (Å²) in [4.78, 5) is 0. The van der Waals surface area contributed by atoms with E-state index in [1.165, 1.54) is 11.1 Å². The van der Waals surface area contributed by atoms with Crippen LogP contribution in [0.4, 0.5) is 0 Å². The van der Waals surface area contributed by atoms with Gasteiger partial charge >= 0.3 is 0 Å². The second kappa shape index (κ2) is 6.38. The normalized spacial score (nSPS) is 14.8. The highest BCUT2D eigenvalue weighted by Gasteiger charge is 2.11. The molecule has 1 aromatic carbocycles. The number of aliphatic hydroxyl groups excluding tert-OH is 1. The summed E-state index contributed by atoms with van der Waals surface area (Å²) in [6.45, 7) is 6.48. The molecular weight excluding hydrogens is 266 g/mol. The molecule has 0 aliphatic rings. The smallest absolute Gasteiger partial charge is 0.0584 e. The molecule has 0 saturated heterocycles. The van der Waals surface area contributed by atoms with E-state index in [1.807, 2.05) is 0 Å². The molecule has 0 radical (unpaired) electrons. The average molecular weight is 286 g/mol. The van der Waals surface area contributed by atoms with Gasteiger partial charge in [-0.05, 0) is 37.5 Å². The number of rotatable bonds is 5. The monoisotopic (exact) mass is 285 g/mol. The van der Waals surface area contributed by atoms with Gasteiger partial charge in [-0.2, -0.15) is 0 Å². The van der Waals surface area contributed by atoms with Gasteiger partial charge in [0.2, 0.25) is 0 Å². The van der Waals surface area contributed by atoms with Crippen molar-refractivity contribution in [3.05, 3.63) is 33.8 Å². The fourth-order valence-corrected chi connectivity index (χ4v) is 1.93. The molecule has 1 unspecified atom stereocenters. The highest BCUT2D eigenvalue weighted by atomic mass is 79.9. The lowest BCUT2D eigenvalue weighted by Gasteiger charge is -2.21. The molecule has 3 heteroatoms. The van der Waals surface area contributed by atoms with Gasteiger partial charge < -0.3 is 10.4 Å². The Morgan fingerprint density at radius 3 is 2.62 bits per heavy atom. The first-order valence-electron chi connectivity index (χ1n) is 5.71. The lowest BCUT2D eigenvalue weighted by atomic mass is 10.0. The molecule has 1 aromatic rings. The van der Waals surface area contributed by atoms with Crippen molar-refractivity contribution in [3.63, 3.8) is 0 Å². The van der Waals surface area contributed by atoms with E-state index in [0.717, 1.165) is 10.9 Å². The maximum absolute atomic E-state index is 9.15. The van der Waals surface area contributed by atoms with Crippen LogP contribution in [0.2, 0.25) is 0 Å². The number of aryl methyl sites for hydroxylation is 1. The Morgan fingerprint density at radius 1 is 1.44 bits per heavy atom. The van der Waals surface area contributed by atoms with Crippen LogP contribution in [0.15, 0.2) is 22.7 Å². The zero-order valence-corrected chi connectivity index (χ0v) is 11.7. The van der Waals surface area contributed by atoms with Gasteiger partial charge in [-0.15, -0.1) is 0 Å². The molecule has 90 valence electrons. The van der Waals surface area contributed by atoms with Crippen LogP contribution in [0.25, 0.3) is 0 Å². The van der Waals surface area contributed by atoms with Crippen molar-refractivity contribution in [3.8, 4) is 0 Å². The third kappa shape index (κ3) is 3.58. The molecule has 2 N–H and O–H groups in total. The van der Waals surface area contributed by atoms with Gasteiger partial charge in [0, 0.05) is 16.6 Å². The summed E-state index contributed by atoms with van der Waals surface area (Å²) in [5.41, 5.74) is 2.50. The van der Waals surface area contributed by atoms with E-state index < -0.39 is 0 Å². The molecule has 0 bridgehead atoms. The number of hydrogen-bond acceptors (Lipinski definition) is 2. The van der Waals surface area contributed by atoms with Crippen LogP contribution < -0.4 is 5.32 Å². The van der Waals surface area contributed by atoms with Gasteiger partial charge in [0.05, 0.1) is 6.61 Å². The summed E-state index contributed by atoms with van der Waals surface area (Å²) in [5, 5.41) is 12.6. The molecule has 0 amide bonds. The van der Waals surface area contributed by atoms with E-state index in [1.54, 1.807) is 0 Å². The zero-order chi connectivity index (χ0) is 12.1. The van der Waals surface area contributed by atoms with Crippen LogP contribution in [0.5, 0.6) is 0 Å². The molecule has 0 saturated carbocycles. The first-order valence-corrected chi connectivity index (χ1v) is 6.50. The van der Waals surface area contributed by atoms with Gasteiger partial charge in [-0.3, -0.25) is 0 Å². The van der Waals surface area contributed by atoms with Crippen molar-refractivity contribution in [1.82, 2.24) is 5.32 Å². The molecule has 0 fully saturated rings. The van der Waals surface area contributed by atoms with Crippen molar-refractivity contribution in [2.75, 3.05) is 6.61 Å². The van der Waals surface area contributed by atoms with Gasteiger partial charge in [-0.1, -0.05) is 35.0 Å². The van der Waals surface area contributed by atoms with Crippen molar-refractivity contribution < 1.29 is 5.11 Å². The number of aliphatic hydroxyl groups is 1. The summed E-state index contributed by atoms with van der Waals surface area (Å²) in [7, 11) is 0. The maximum Gasteiger partial charge on any atom is 0.0584 e. The Labute approximate surface area is 106 Å². The number of hydrogen-bond donors (Lipinski definition) is 2. The van der Waals surface area contributed by atoms with Gasteiger partial charge in [0.1, 0.15) is 0 Å². The molecule has 0 aromatic heterocycles. The maximum atomic E-state index is 9.15. The lowest BCUT2D eigenvalue weighted by molar-refractivity contribution is 0.230. The van der Waals surface area contributed by atoms with E-state index in [2.05, 4.69) is 60.2 Å². The van der Waals surface area contributed by atoms with Crippen LogP contribution in [-0.4, -0.2) is 17.8 Å². The summed E-state index contributed by atoms with van der Waals surface area (Å²) in [6.07, 6.45) is 0.941. The molecule has 16 heavy (non-hydrogen) atoms. The van der Waals surface area contributed by atoms with Gasteiger partial charge in [0.25, 0.3) is 0 Å². The van der Waals surface area contributed by atoms with E-state index in [9.17, 15) is 0 Å². The highest BCUT2D eigenvalue weighted by Crippen LogP contribution is 2.21. The number of nitrogens with one attached hydrogen (secondary N) is 1. The molecule has 1 rings (SSSR count). The minimum atomic E-state index is 0.180. The number of halogens is 1. The van der Waals surface area contributed by atoms with Crippen LogP contribution in [0.1, 0.15) is 37.4 Å². The Hall–Kier alpha value is -0.380. The zero-order valence-electron chi connectivity index (χ0n) is 10.1. The van der Waals surface area contributed by atoms with Crippen LogP contribution >= 0.6 is 15.9 Å². The predicted molar refractivity (Wildman–Crippen MR) is 71.6 cm³/mol. The lowest BCUT2D eigenvalue weighted by Crippen LogP contribution is -2.33. The molecule has 2 atom stereocenters. The number of benzene rings is 1. The van der Waals surface area contributed by atoms with Crippen molar-refractivity contribution in [2.24, 2.45) is 0 Å². The fourth-order valence-electron chi connectivity index (χ4n) is 1.69. The fraction of sp³-hybridized carbons (Fsp3) is 0.538. The summed E-state index contributed by atoms with van der Waals surface area (Å²) in [6, 6.07) is 6.80. The minimum absolute atomic E-state index is 0.180. The second-order valence-corrected chi connectivity index (χ2v) is 5.04. The Balaban J connectivity index is 2.72. The highest BCUT2D eigenvalue weighted by molar-refractivity contribution is 9.10. The quantitative estimate of drug-likeness (QED) is 0.871. The van der Waals surface area contributed by atoms with Crippen molar-refractivity contribution in [2.45, 2.75) is 39.3 Å². The SMILES string of the molecule is CC[C@H](CO)NC(C)c1ccc(Br)c(C)c1. The van der Waals surface area contributed by atoms with Crippen LogP contribution in [-0.2, 0) is 0 Å². The van der Waals surface area contributed by atoms with Crippen LogP contribution in [0, 0.1) is 6.92 Å². The molecule has 0 spiro atoms. The summed E-state index contributed by atoms with van der Waals surface area (Å²) in [5.74, 6) is 0. The average Bonchev–Trinajstić information content (AvgIpc) is 2.29. The first kappa shape index (κ1) is 13.7. The van der Waals surface area contributed by atoms with E-state index in [4.69, 9.17) is 5.11 Å². The molecule has 2 nitrogen and oxygen atoms in total. The molecule has 0 aliphatic carbocycles. The largest absolute Gasteiger partial charge is 0.395 e. The summed E-state index contributed by atoms with van der Waals surface area (Å²) < 4.78 is 1.14. The van der Waals surface area contributed by atoms with Gasteiger partial charge in [-0.25, -0.2) is 0 Å². The Bertz CT molecular complexity index is 337. The second-order valence-electron chi connectivity index (χ2n) is 4.18. The third-order valence-corrected chi connectivity index (χ3v) is 3.77. The molecular formula is C13H20BrNO. The predicted octanol–water partition coefficient (Wildman–Crippen LogP) is 3.18. The van der Waals surface area contributed by atoms with Crippen molar-refractivity contribution >= 4 is 15.9 Å². The van der Waals surface area contributed by atoms with E-state index >= 15 is 0 Å². The van der Waals surface area contributed by atoms with E-state index in [-0.39, 0.29) is 18.7 Å². The Kier molecular flexibility index (Phi) is 5.46. The van der Waals surface area contributed by atoms with Crippen molar-refractivity contribution in [1.29, 1.82) is 0 Å². The summed E-state index contributed by atoms with van der Waals surface area (Å²) >= 11 is 3.50. The standard InChI is InChI=1S/C13H20BrNO/c1-4-12(8-16)15-10(3)11-5-6-13(14)9(2)7-11/h5-7,10,12,15-16H,4,8H2,1-3H3/t10?,12-/m1/s1. The topological polar surface area (TPSA) is 32.3 Å². The Morgan fingerprint density at radius 2 is 2.12 bits per heavy atom. The third-order valence-electron chi connectivity index (χ3n) is 2.88.